The number of hydrogen-bond acceptors (Lipinski definition) is 4. The molecule has 0 bridgehead atoms. The van der Waals surface area contributed by atoms with Crippen LogP contribution < -0.4 is 10.6 Å². The molecule has 0 fully saturated rings. The molecule has 1 amide bonds. The summed E-state index contributed by atoms with van der Waals surface area (Å²) in [5.74, 6) is -0.486. The van der Waals surface area contributed by atoms with Crippen LogP contribution in [0.1, 0.15) is 10.7 Å². The number of nitrogens with one attached hydrogen (secondary N) is 2. The number of hydrogen-bond donors (Lipinski definition) is 2. The minimum absolute atomic E-state index is 0.233. The van der Waals surface area contributed by atoms with E-state index in [0.29, 0.717) is 5.69 Å². The zero-order valence-electron chi connectivity index (χ0n) is 9.10. The standard InChI is InChI=1S/C9H12F3N3OS/c1-6-15-7(4-17-6)2-14-8(16)3-13-5-9(10,11)12/h4,13H,2-3,5H2,1H3,(H,14,16). The predicted molar refractivity (Wildman–Crippen MR) is 57.6 cm³/mol. The van der Waals surface area contributed by atoms with Crippen LogP contribution >= 0.6 is 11.3 Å². The fourth-order valence-electron chi connectivity index (χ4n) is 1.06. The molecule has 0 unspecified atom stereocenters. The lowest BCUT2D eigenvalue weighted by molar-refractivity contribution is -0.128. The normalized spacial score (nSPS) is 11.5. The molecule has 1 heterocycles. The molecular weight excluding hydrogens is 255 g/mol. The van der Waals surface area contributed by atoms with E-state index in [-0.39, 0.29) is 13.1 Å². The molecule has 96 valence electrons. The van der Waals surface area contributed by atoms with Gasteiger partial charge in [-0.05, 0) is 6.92 Å². The molecule has 1 aromatic rings. The van der Waals surface area contributed by atoms with E-state index < -0.39 is 18.6 Å². The van der Waals surface area contributed by atoms with Gasteiger partial charge in [0.15, 0.2) is 0 Å². The first kappa shape index (κ1) is 13.9. The maximum absolute atomic E-state index is 11.8. The van der Waals surface area contributed by atoms with Gasteiger partial charge in [-0.3, -0.25) is 4.79 Å². The average Bonchev–Trinajstić information content (AvgIpc) is 2.59. The summed E-state index contributed by atoms with van der Waals surface area (Å²) < 4.78 is 35.3. The lowest BCUT2D eigenvalue weighted by Gasteiger charge is -2.08. The Morgan fingerprint density at radius 2 is 2.24 bits per heavy atom. The predicted octanol–water partition coefficient (Wildman–Crippen LogP) is 1.22. The molecule has 17 heavy (non-hydrogen) atoms. The SMILES string of the molecule is Cc1nc(CNC(=O)CNCC(F)(F)F)cs1. The van der Waals surface area contributed by atoms with Crippen LogP contribution in [0.2, 0.25) is 0 Å². The van der Waals surface area contributed by atoms with Crippen LogP contribution in [-0.4, -0.2) is 30.2 Å². The van der Waals surface area contributed by atoms with Crippen LogP contribution in [-0.2, 0) is 11.3 Å². The lowest BCUT2D eigenvalue weighted by Crippen LogP contribution is -2.38. The van der Waals surface area contributed by atoms with Crippen molar-refractivity contribution in [1.82, 2.24) is 15.6 Å². The van der Waals surface area contributed by atoms with Crippen LogP contribution in [0.25, 0.3) is 0 Å². The third-order valence-electron chi connectivity index (χ3n) is 1.74. The van der Waals surface area contributed by atoms with Gasteiger partial charge in [0.2, 0.25) is 5.91 Å². The molecule has 8 heteroatoms. The molecule has 1 rings (SSSR count). The number of aromatic nitrogens is 1. The summed E-state index contributed by atoms with van der Waals surface area (Å²) in [6.07, 6.45) is -4.30. The van der Waals surface area contributed by atoms with Crippen LogP contribution in [0.15, 0.2) is 5.38 Å². The zero-order valence-corrected chi connectivity index (χ0v) is 9.91. The first-order valence-electron chi connectivity index (χ1n) is 4.82. The Bertz CT molecular complexity index is 378. The van der Waals surface area contributed by atoms with Gasteiger partial charge in [0, 0.05) is 5.38 Å². The van der Waals surface area contributed by atoms with Crippen molar-refractivity contribution in [2.45, 2.75) is 19.6 Å². The van der Waals surface area contributed by atoms with Gasteiger partial charge in [-0.2, -0.15) is 13.2 Å². The fraction of sp³-hybridized carbons (Fsp3) is 0.556. The summed E-state index contributed by atoms with van der Waals surface area (Å²) in [4.78, 5) is 15.2. The number of nitrogens with zero attached hydrogens (tertiary/aromatic N) is 1. The molecule has 0 radical (unpaired) electrons. The summed E-state index contributed by atoms with van der Waals surface area (Å²) in [7, 11) is 0. The third-order valence-corrected chi connectivity index (χ3v) is 2.57. The molecule has 0 saturated heterocycles. The van der Waals surface area contributed by atoms with E-state index in [1.165, 1.54) is 11.3 Å². The molecule has 0 atom stereocenters. The Labute approximate surface area is 100 Å². The molecular formula is C9H12F3N3OS. The van der Waals surface area contributed by atoms with E-state index in [4.69, 9.17) is 0 Å². The second kappa shape index (κ2) is 5.97. The molecule has 0 aliphatic carbocycles. The summed E-state index contributed by atoms with van der Waals surface area (Å²) >= 11 is 1.45. The number of halogens is 3. The van der Waals surface area contributed by atoms with E-state index in [1.54, 1.807) is 5.38 Å². The summed E-state index contributed by atoms with van der Waals surface area (Å²) in [5.41, 5.74) is 0.705. The first-order valence-corrected chi connectivity index (χ1v) is 5.70. The van der Waals surface area contributed by atoms with E-state index >= 15 is 0 Å². The number of amides is 1. The lowest BCUT2D eigenvalue weighted by atomic mass is 10.4. The fourth-order valence-corrected chi connectivity index (χ4v) is 1.67. The van der Waals surface area contributed by atoms with Gasteiger partial charge >= 0.3 is 6.18 Å². The Balaban J connectivity index is 2.18. The average molecular weight is 267 g/mol. The van der Waals surface area contributed by atoms with Crippen LogP contribution in [0.3, 0.4) is 0 Å². The molecule has 2 N–H and O–H groups in total. The molecule has 0 aliphatic rings. The van der Waals surface area contributed by atoms with Gasteiger partial charge in [-0.1, -0.05) is 0 Å². The molecule has 1 aromatic heterocycles. The van der Waals surface area contributed by atoms with Gasteiger partial charge in [0.05, 0.1) is 30.3 Å². The second-order valence-corrected chi connectivity index (χ2v) is 4.42. The van der Waals surface area contributed by atoms with E-state index in [9.17, 15) is 18.0 Å². The second-order valence-electron chi connectivity index (χ2n) is 3.35. The van der Waals surface area contributed by atoms with E-state index in [2.05, 4.69) is 10.3 Å². The molecule has 0 spiro atoms. The van der Waals surface area contributed by atoms with Crippen LogP contribution in [0.5, 0.6) is 0 Å². The van der Waals surface area contributed by atoms with Gasteiger partial charge in [0.25, 0.3) is 0 Å². The van der Waals surface area contributed by atoms with E-state index in [0.717, 1.165) is 5.01 Å². The highest BCUT2D eigenvalue weighted by Crippen LogP contribution is 2.11. The molecule has 0 aliphatic heterocycles. The molecule has 0 aromatic carbocycles. The maximum Gasteiger partial charge on any atom is 0.401 e. The van der Waals surface area contributed by atoms with Crippen LogP contribution in [0.4, 0.5) is 13.2 Å². The largest absolute Gasteiger partial charge is 0.401 e. The summed E-state index contributed by atoms with van der Waals surface area (Å²) in [5, 5.41) is 7.16. The highest BCUT2D eigenvalue weighted by Gasteiger charge is 2.26. The van der Waals surface area contributed by atoms with Gasteiger partial charge < -0.3 is 10.6 Å². The first-order chi connectivity index (χ1) is 7.87. The highest BCUT2D eigenvalue weighted by atomic mass is 32.1. The van der Waals surface area contributed by atoms with Crippen molar-refractivity contribution in [1.29, 1.82) is 0 Å². The minimum Gasteiger partial charge on any atom is -0.349 e. The highest BCUT2D eigenvalue weighted by molar-refractivity contribution is 7.09. The monoisotopic (exact) mass is 267 g/mol. The van der Waals surface area contributed by atoms with Gasteiger partial charge in [-0.25, -0.2) is 4.98 Å². The Morgan fingerprint density at radius 1 is 1.53 bits per heavy atom. The van der Waals surface area contributed by atoms with Crippen LogP contribution in [0, 0.1) is 6.92 Å². The molecule has 4 nitrogen and oxygen atoms in total. The Morgan fingerprint density at radius 3 is 2.76 bits per heavy atom. The van der Waals surface area contributed by atoms with Gasteiger partial charge in [-0.15, -0.1) is 11.3 Å². The van der Waals surface area contributed by atoms with E-state index in [1.807, 2.05) is 12.2 Å². The number of carbonyl (C=O) groups is 1. The van der Waals surface area contributed by atoms with Crippen molar-refractivity contribution in [2.75, 3.05) is 13.1 Å². The maximum atomic E-state index is 11.8. The number of thiazole rings is 1. The third kappa shape index (κ3) is 6.22. The van der Waals surface area contributed by atoms with Crippen molar-refractivity contribution in [3.63, 3.8) is 0 Å². The van der Waals surface area contributed by atoms with Gasteiger partial charge in [0.1, 0.15) is 0 Å². The number of carbonyl (C=O) groups excluding carboxylic acids is 1. The minimum atomic E-state index is -4.30. The van der Waals surface area contributed by atoms with Crippen molar-refractivity contribution >= 4 is 17.2 Å². The van der Waals surface area contributed by atoms with Crippen molar-refractivity contribution in [3.8, 4) is 0 Å². The van der Waals surface area contributed by atoms with Crippen molar-refractivity contribution in [3.05, 3.63) is 16.1 Å². The number of rotatable bonds is 5. The summed E-state index contributed by atoms with van der Waals surface area (Å²) in [6, 6.07) is 0. The number of alkyl halides is 3. The van der Waals surface area contributed by atoms with Crippen molar-refractivity contribution in [2.24, 2.45) is 0 Å². The topological polar surface area (TPSA) is 54.0 Å². The smallest absolute Gasteiger partial charge is 0.349 e. The summed E-state index contributed by atoms with van der Waals surface area (Å²) in [6.45, 7) is 0.538. The Hall–Kier alpha value is -1.15. The molecule has 0 saturated carbocycles. The quantitative estimate of drug-likeness (QED) is 0.843. The van der Waals surface area contributed by atoms with Crippen molar-refractivity contribution < 1.29 is 18.0 Å². The Kier molecular flexibility index (Phi) is 4.88. The number of aryl methyl sites for hydroxylation is 1. The zero-order chi connectivity index (χ0) is 12.9.